The van der Waals surface area contributed by atoms with Gasteiger partial charge >= 0.3 is 14.9 Å². The zero-order valence-electron chi connectivity index (χ0n) is 24.3. The lowest BCUT2D eigenvalue weighted by Gasteiger charge is -2.28. The fourth-order valence-electron chi connectivity index (χ4n) is 4.66. The number of thioether (sulfide) groups is 1. The number of fused-ring (bicyclic) bond motifs is 3. The molecule has 3 aromatic rings. The number of carbonyl (C=O) groups is 1. The van der Waals surface area contributed by atoms with Gasteiger partial charge in [-0.1, -0.05) is 43.9 Å². The van der Waals surface area contributed by atoms with Crippen LogP contribution in [-0.4, -0.2) is 63.6 Å². The zero-order valence-corrected chi connectivity index (χ0v) is 26.1. The number of ether oxygens (including phenoxy) is 1. The van der Waals surface area contributed by atoms with Crippen molar-refractivity contribution < 1.29 is 22.8 Å². The molecule has 0 radical (unpaired) electrons. The summed E-state index contributed by atoms with van der Waals surface area (Å²) in [4.78, 5) is 22.4. The summed E-state index contributed by atoms with van der Waals surface area (Å²) in [6.07, 6.45) is 10.8. The van der Waals surface area contributed by atoms with E-state index in [1.807, 2.05) is 51.0 Å². The summed E-state index contributed by atoms with van der Waals surface area (Å²) in [5, 5.41) is 5.13. The summed E-state index contributed by atoms with van der Waals surface area (Å²) >= 11 is 1.90. The van der Waals surface area contributed by atoms with Crippen molar-refractivity contribution >= 4 is 48.5 Å². The number of aromatic nitrogens is 2. The van der Waals surface area contributed by atoms with Gasteiger partial charge in [0.1, 0.15) is 0 Å². The van der Waals surface area contributed by atoms with Crippen molar-refractivity contribution in [1.82, 2.24) is 15.3 Å². The van der Waals surface area contributed by atoms with Crippen LogP contribution < -0.4 is 5.32 Å². The molecule has 0 atom stereocenters. The Kier molecular flexibility index (Phi) is 14.7. The van der Waals surface area contributed by atoms with Crippen molar-refractivity contribution in [1.29, 1.82) is 0 Å². The van der Waals surface area contributed by atoms with Crippen LogP contribution in [0.3, 0.4) is 0 Å². The Bertz CT molecular complexity index is 1150. The predicted molar refractivity (Wildman–Crippen MR) is 165 cm³/mol. The molecule has 0 fully saturated rings. The van der Waals surface area contributed by atoms with Gasteiger partial charge in [0, 0.05) is 60.5 Å². The minimum absolute atomic E-state index is 0.360. The molecule has 0 aliphatic carbocycles. The van der Waals surface area contributed by atoms with Gasteiger partial charge in [0.2, 0.25) is 0 Å². The van der Waals surface area contributed by atoms with Crippen LogP contribution in [0.15, 0.2) is 47.6 Å². The molecule has 40 heavy (non-hydrogen) atoms. The van der Waals surface area contributed by atoms with Crippen LogP contribution in [0.5, 0.6) is 0 Å². The van der Waals surface area contributed by atoms with E-state index in [1.165, 1.54) is 29.5 Å². The molecular weight excluding hydrogens is 542 g/mol. The summed E-state index contributed by atoms with van der Waals surface area (Å²) in [6.45, 7) is 8.47. The van der Waals surface area contributed by atoms with Crippen molar-refractivity contribution in [2.24, 2.45) is 0 Å². The molecule has 0 spiro atoms. The van der Waals surface area contributed by atoms with Gasteiger partial charge in [0.05, 0.1) is 17.6 Å². The van der Waals surface area contributed by atoms with Gasteiger partial charge in [-0.3, -0.25) is 9.97 Å². The van der Waals surface area contributed by atoms with Crippen molar-refractivity contribution in [3.05, 3.63) is 42.7 Å². The topological polar surface area (TPSA) is 91.8 Å². The van der Waals surface area contributed by atoms with Crippen molar-refractivity contribution in [2.75, 3.05) is 38.7 Å². The highest BCUT2D eigenvalue weighted by Crippen LogP contribution is 2.31. The lowest BCUT2D eigenvalue weighted by molar-refractivity contribution is 0.0706. The van der Waals surface area contributed by atoms with E-state index in [-0.39, 0.29) is 6.09 Å². The van der Waals surface area contributed by atoms with Gasteiger partial charge < -0.3 is 23.3 Å². The first-order chi connectivity index (χ1) is 19.6. The van der Waals surface area contributed by atoms with E-state index < -0.39 is 8.80 Å². The standard InChI is InChI=1S/C30H45N3O5SSi/c1-4-36-40(37-5-2,38-6-3)24-14-20-33-30(34)35-22-11-9-7-8-10-12-23-39-27-18-21-32-29-26(27)17-16-25-15-13-19-31-28(25)29/h13,15-19,21H,4-12,14,20,22-24H2,1-3H3,(H,33,34). The fraction of sp³-hybridized carbons (Fsp3) is 0.567. The lowest BCUT2D eigenvalue weighted by atomic mass is 10.1. The Morgan fingerprint density at radius 1 is 0.825 bits per heavy atom. The molecule has 1 aromatic carbocycles. The number of hydrogen-bond acceptors (Lipinski definition) is 8. The number of hydrogen-bond donors (Lipinski definition) is 1. The molecule has 10 heteroatoms. The van der Waals surface area contributed by atoms with Gasteiger partial charge in [0.15, 0.2) is 0 Å². The quantitative estimate of drug-likeness (QED) is 0.0634. The fourth-order valence-corrected chi connectivity index (χ4v) is 8.32. The smallest absolute Gasteiger partial charge is 0.450 e. The van der Waals surface area contributed by atoms with E-state index in [1.54, 1.807) is 0 Å². The molecule has 0 aliphatic heterocycles. The number of pyridine rings is 2. The molecule has 1 amide bonds. The number of carbonyl (C=O) groups excluding carboxylic acids is 1. The maximum absolute atomic E-state index is 12.0. The van der Waals surface area contributed by atoms with E-state index in [0.717, 1.165) is 47.9 Å². The van der Waals surface area contributed by atoms with Crippen LogP contribution in [0.2, 0.25) is 6.04 Å². The number of unbranched alkanes of at least 4 members (excludes halogenated alkanes) is 5. The third-order valence-electron chi connectivity index (χ3n) is 6.49. The van der Waals surface area contributed by atoms with Crippen molar-refractivity contribution in [3.63, 3.8) is 0 Å². The maximum atomic E-state index is 12.0. The Morgan fingerprint density at radius 2 is 1.52 bits per heavy atom. The average molecular weight is 588 g/mol. The summed E-state index contributed by atoms with van der Waals surface area (Å²) in [5.74, 6) is 1.09. The molecular formula is C30H45N3O5SSi. The molecule has 3 rings (SSSR count). The second-order valence-electron chi connectivity index (χ2n) is 9.46. The van der Waals surface area contributed by atoms with Gasteiger partial charge in [-0.2, -0.15) is 0 Å². The number of rotatable bonds is 20. The number of nitrogens with zero attached hydrogens (tertiary/aromatic N) is 2. The number of benzene rings is 1. The lowest BCUT2D eigenvalue weighted by Crippen LogP contribution is -2.46. The number of nitrogens with one attached hydrogen (secondary N) is 1. The van der Waals surface area contributed by atoms with Crippen LogP contribution >= 0.6 is 11.8 Å². The van der Waals surface area contributed by atoms with Crippen molar-refractivity contribution in [2.45, 2.75) is 76.7 Å². The second kappa shape index (κ2) is 18.2. The van der Waals surface area contributed by atoms with Gasteiger partial charge in [-0.25, -0.2) is 4.79 Å². The number of alkyl carbamates (subject to hydrolysis) is 1. The Labute approximate surface area is 244 Å². The molecule has 2 heterocycles. The first-order valence-electron chi connectivity index (χ1n) is 14.7. The Hall–Kier alpha value is -2.24. The highest BCUT2D eigenvalue weighted by atomic mass is 32.2. The van der Waals surface area contributed by atoms with E-state index in [2.05, 4.69) is 39.6 Å². The highest BCUT2D eigenvalue weighted by Gasteiger charge is 2.39. The molecule has 0 saturated heterocycles. The summed E-state index contributed by atoms with van der Waals surface area (Å²) in [6, 6.07) is 11.1. The van der Waals surface area contributed by atoms with Crippen LogP contribution in [0, 0.1) is 0 Å². The Morgan fingerprint density at radius 3 is 2.27 bits per heavy atom. The normalized spacial score (nSPS) is 11.8. The van der Waals surface area contributed by atoms with Gasteiger partial charge in [-0.15, -0.1) is 11.8 Å². The summed E-state index contributed by atoms with van der Waals surface area (Å²) in [7, 11) is -2.66. The molecule has 0 unspecified atom stereocenters. The Balaban J connectivity index is 1.21. The van der Waals surface area contributed by atoms with Crippen LogP contribution in [0.4, 0.5) is 4.79 Å². The molecule has 220 valence electrons. The highest BCUT2D eigenvalue weighted by molar-refractivity contribution is 7.99. The molecule has 8 nitrogen and oxygen atoms in total. The van der Waals surface area contributed by atoms with E-state index >= 15 is 0 Å². The van der Waals surface area contributed by atoms with E-state index in [0.29, 0.717) is 39.0 Å². The molecule has 0 bridgehead atoms. The predicted octanol–water partition coefficient (Wildman–Crippen LogP) is 7.38. The summed E-state index contributed by atoms with van der Waals surface area (Å²) < 4.78 is 22.9. The summed E-state index contributed by atoms with van der Waals surface area (Å²) in [5.41, 5.74) is 1.95. The van der Waals surface area contributed by atoms with E-state index in [4.69, 9.17) is 18.0 Å². The molecule has 1 N–H and O–H groups in total. The first-order valence-corrected chi connectivity index (χ1v) is 17.6. The monoisotopic (exact) mass is 587 g/mol. The third-order valence-corrected chi connectivity index (χ3v) is 10.8. The second-order valence-corrected chi connectivity index (χ2v) is 13.3. The zero-order chi connectivity index (χ0) is 28.5. The third kappa shape index (κ3) is 10.3. The first kappa shape index (κ1) is 32.3. The molecule has 0 aliphatic rings. The van der Waals surface area contributed by atoms with Crippen LogP contribution in [0.1, 0.15) is 65.7 Å². The SMILES string of the molecule is CCO[Si](CCCNC(=O)OCCCCCCCCSc1ccnc2c1ccc1cccnc12)(OCC)OCC. The number of amides is 1. The largest absolute Gasteiger partial charge is 0.500 e. The molecule has 0 saturated carbocycles. The van der Waals surface area contributed by atoms with Crippen LogP contribution in [0.25, 0.3) is 21.8 Å². The van der Waals surface area contributed by atoms with Crippen LogP contribution in [-0.2, 0) is 18.0 Å². The van der Waals surface area contributed by atoms with Gasteiger partial charge in [-0.05, 0) is 57.9 Å². The minimum Gasteiger partial charge on any atom is -0.450 e. The van der Waals surface area contributed by atoms with Gasteiger partial charge in [0.25, 0.3) is 0 Å². The van der Waals surface area contributed by atoms with Crippen molar-refractivity contribution in [3.8, 4) is 0 Å². The van der Waals surface area contributed by atoms with E-state index in [9.17, 15) is 4.79 Å². The average Bonchev–Trinajstić information content (AvgIpc) is 2.96. The molecule has 2 aromatic heterocycles. The minimum atomic E-state index is -2.66. The maximum Gasteiger partial charge on any atom is 0.500 e.